The lowest BCUT2D eigenvalue weighted by molar-refractivity contribution is 0.0919. The Labute approximate surface area is 182 Å². The number of hydrogen-bond donors (Lipinski definition) is 2. The van der Waals surface area contributed by atoms with Crippen LogP contribution in [0, 0.1) is 13.8 Å². The van der Waals surface area contributed by atoms with E-state index in [4.69, 9.17) is 9.15 Å². The number of carbonyl (C=O) groups is 1. The molecule has 31 heavy (non-hydrogen) atoms. The summed E-state index contributed by atoms with van der Waals surface area (Å²) < 4.78 is 36.9. The van der Waals surface area contributed by atoms with Crippen LogP contribution in [0.2, 0.25) is 0 Å². The van der Waals surface area contributed by atoms with Gasteiger partial charge in [0.05, 0.1) is 5.75 Å². The molecule has 1 aromatic heterocycles. The molecule has 3 aromatic rings. The van der Waals surface area contributed by atoms with Gasteiger partial charge in [-0.1, -0.05) is 42.0 Å². The van der Waals surface area contributed by atoms with Gasteiger partial charge in [-0.05, 0) is 55.8 Å². The Morgan fingerprint density at radius 3 is 2.39 bits per heavy atom. The third kappa shape index (κ3) is 6.44. The van der Waals surface area contributed by atoms with Gasteiger partial charge in [-0.25, -0.2) is 13.1 Å². The third-order valence-electron chi connectivity index (χ3n) is 4.73. The van der Waals surface area contributed by atoms with Gasteiger partial charge in [0, 0.05) is 6.54 Å². The molecule has 1 amide bonds. The Bertz CT molecular complexity index is 1150. The normalized spacial score (nSPS) is 11.3. The fraction of sp³-hybridized carbons (Fsp3) is 0.261. The molecule has 1 heterocycles. The molecule has 164 valence electrons. The van der Waals surface area contributed by atoms with Crippen LogP contribution in [0.5, 0.6) is 5.75 Å². The zero-order valence-corrected chi connectivity index (χ0v) is 18.6. The lowest BCUT2D eigenvalue weighted by atomic mass is 10.1. The number of aryl methyl sites for hydroxylation is 2. The number of carbonyl (C=O) groups excluding carboxylic acids is 1. The van der Waals surface area contributed by atoms with Crippen LogP contribution in [0.4, 0.5) is 0 Å². The topological polar surface area (TPSA) is 97.6 Å². The molecular formula is C23H26N2O5S. The minimum absolute atomic E-state index is 0.0878. The molecule has 0 fully saturated rings. The average molecular weight is 443 g/mol. The molecule has 0 spiro atoms. The zero-order chi connectivity index (χ0) is 22.4. The van der Waals surface area contributed by atoms with Crippen molar-refractivity contribution in [2.24, 2.45) is 0 Å². The van der Waals surface area contributed by atoms with Crippen molar-refractivity contribution in [3.05, 3.63) is 88.4 Å². The van der Waals surface area contributed by atoms with Crippen molar-refractivity contribution in [3.63, 3.8) is 0 Å². The summed E-state index contributed by atoms with van der Waals surface area (Å²) in [6.07, 6.45) is 0. The number of benzene rings is 2. The molecule has 8 heteroatoms. The van der Waals surface area contributed by atoms with E-state index in [1.54, 1.807) is 36.4 Å². The smallest absolute Gasteiger partial charge is 0.287 e. The van der Waals surface area contributed by atoms with E-state index in [1.807, 2.05) is 32.0 Å². The van der Waals surface area contributed by atoms with Crippen LogP contribution in [0.15, 0.2) is 59.0 Å². The van der Waals surface area contributed by atoms with E-state index in [2.05, 4.69) is 10.0 Å². The Morgan fingerprint density at radius 1 is 1.00 bits per heavy atom. The minimum Gasteiger partial charge on any atom is -0.485 e. The minimum atomic E-state index is -3.31. The highest BCUT2D eigenvalue weighted by Crippen LogP contribution is 2.20. The van der Waals surface area contributed by atoms with Crippen LogP contribution in [-0.4, -0.2) is 21.4 Å². The van der Waals surface area contributed by atoms with Gasteiger partial charge in [-0.2, -0.15) is 0 Å². The van der Waals surface area contributed by atoms with Gasteiger partial charge < -0.3 is 14.5 Å². The van der Waals surface area contributed by atoms with Gasteiger partial charge in [0.15, 0.2) is 5.76 Å². The molecule has 0 unspecified atom stereocenters. The zero-order valence-electron chi connectivity index (χ0n) is 17.8. The van der Waals surface area contributed by atoms with Crippen LogP contribution in [-0.2, 0) is 28.9 Å². The van der Waals surface area contributed by atoms with Gasteiger partial charge in [0.1, 0.15) is 18.1 Å². The van der Waals surface area contributed by atoms with Gasteiger partial charge in [-0.3, -0.25) is 4.79 Å². The second-order valence-electron chi connectivity index (χ2n) is 7.29. The second kappa shape index (κ2) is 9.80. The van der Waals surface area contributed by atoms with E-state index >= 15 is 0 Å². The summed E-state index contributed by atoms with van der Waals surface area (Å²) in [4.78, 5) is 12.4. The van der Waals surface area contributed by atoms with Crippen molar-refractivity contribution in [3.8, 4) is 5.75 Å². The van der Waals surface area contributed by atoms with Crippen LogP contribution >= 0.6 is 0 Å². The van der Waals surface area contributed by atoms with Crippen LogP contribution < -0.4 is 14.8 Å². The lowest BCUT2D eigenvalue weighted by Crippen LogP contribution is -2.22. The van der Waals surface area contributed by atoms with Gasteiger partial charge >= 0.3 is 0 Å². The van der Waals surface area contributed by atoms with Crippen molar-refractivity contribution in [2.45, 2.75) is 32.8 Å². The number of sulfonamides is 1. The SMILES string of the molecule is CNS(=O)(=O)Cc1ccc(CNC(=O)c2ccc(COc3ccc(C)cc3C)o2)cc1. The monoisotopic (exact) mass is 442 g/mol. The molecule has 3 rings (SSSR count). The molecule has 7 nitrogen and oxygen atoms in total. The first-order valence-electron chi connectivity index (χ1n) is 9.82. The quantitative estimate of drug-likeness (QED) is 0.529. The van der Waals surface area contributed by atoms with Crippen molar-refractivity contribution < 1.29 is 22.4 Å². The number of nitrogens with one attached hydrogen (secondary N) is 2. The van der Waals surface area contributed by atoms with Crippen molar-refractivity contribution in [1.82, 2.24) is 10.0 Å². The summed E-state index contributed by atoms with van der Waals surface area (Å²) in [6, 6.07) is 16.3. The molecule has 0 atom stereocenters. The number of amides is 1. The Morgan fingerprint density at radius 2 is 1.71 bits per heavy atom. The molecule has 0 aliphatic heterocycles. The van der Waals surface area contributed by atoms with E-state index in [9.17, 15) is 13.2 Å². The Balaban J connectivity index is 1.51. The van der Waals surface area contributed by atoms with Gasteiger partial charge in [0.25, 0.3) is 5.91 Å². The van der Waals surface area contributed by atoms with E-state index in [0.29, 0.717) is 17.9 Å². The first-order valence-corrected chi connectivity index (χ1v) is 11.5. The summed E-state index contributed by atoms with van der Waals surface area (Å²) in [5, 5.41) is 2.79. The summed E-state index contributed by atoms with van der Waals surface area (Å²) in [5.74, 6) is 1.12. The molecule has 0 aliphatic rings. The standard InChI is InChI=1S/C23H26N2O5S/c1-16-4-10-21(17(2)12-16)29-14-20-9-11-22(30-20)23(26)25-13-18-5-7-19(8-6-18)15-31(27,28)24-3/h4-12,24H,13-15H2,1-3H3,(H,25,26). The summed E-state index contributed by atoms with van der Waals surface area (Å²) in [6.45, 7) is 4.54. The molecule has 2 aromatic carbocycles. The molecule has 0 bridgehead atoms. The highest BCUT2D eigenvalue weighted by Gasteiger charge is 2.12. The summed E-state index contributed by atoms with van der Waals surface area (Å²) >= 11 is 0. The van der Waals surface area contributed by atoms with E-state index in [0.717, 1.165) is 16.9 Å². The van der Waals surface area contributed by atoms with E-state index in [1.165, 1.54) is 12.6 Å². The average Bonchev–Trinajstić information content (AvgIpc) is 3.21. The fourth-order valence-electron chi connectivity index (χ4n) is 3.00. The van der Waals surface area contributed by atoms with Crippen molar-refractivity contribution >= 4 is 15.9 Å². The summed E-state index contributed by atoms with van der Waals surface area (Å²) in [7, 11) is -1.93. The number of furan rings is 1. The second-order valence-corrected chi connectivity index (χ2v) is 9.21. The van der Waals surface area contributed by atoms with Crippen LogP contribution in [0.25, 0.3) is 0 Å². The molecule has 0 radical (unpaired) electrons. The first kappa shape index (κ1) is 22.6. The maximum Gasteiger partial charge on any atom is 0.287 e. The maximum atomic E-state index is 12.4. The highest BCUT2D eigenvalue weighted by molar-refractivity contribution is 7.88. The van der Waals surface area contributed by atoms with Crippen molar-refractivity contribution in [2.75, 3.05) is 7.05 Å². The van der Waals surface area contributed by atoms with Crippen LogP contribution in [0.3, 0.4) is 0 Å². The van der Waals surface area contributed by atoms with Crippen molar-refractivity contribution in [1.29, 1.82) is 0 Å². The Kier molecular flexibility index (Phi) is 7.14. The maximum absolute atomic E-state index is 12.4. The van der Waals surface area contributed by atoms with Gasteiger partial charge in [-0.15, -0.1) is 0 Å². The molecule has 0 aliphatic carbocycles. The number of ether oxygens (including phenoxy) is 1. The fourth-order valence-corrected chi connectivity index (χ4v) is 3.78. The molecular weight excluding hydrogens is 416 g/mol. The van der Waals surface area contributed by atoms with Crippen LogP contribution in [0.1, 0.15) is 38.6 Å². The Hall–Kier alpha value is -3.10. The number of rotatable bonds is 9. The third-order valence-corrected chi connectivity index (χ3v) is 6.06. The lowest BCUT2D eigenvalue weighted by Gasteiger charge is -2.08. The number of hydrogen-bond acceptors (Lipinski definition) is 5. The van der Waals surface area contributed by atoms with E-state index < -0.39 is 10.0 Å². The van der Waals surface area contributed by atoms with Gasteiger partial charge in [0.2, 0.25) is 10.0 Å². The summed E-state index contributed by atoms with van der Waals surface area (Å²) in [5.41, 5.74) is 3.73. The predicted octanol–water partition coefficient (Wildman–Crippen LogP) is 3.45. The first-order chi connectivity index (χ1) is 14.8. The highest BCUT2D eigenvalue weighted by atomic mass is 32.2. The molecule has 0 saturated carbocycles. The molecule has 0 saturated heterocycles. The largest absolute Gasteiger partial charge is 0.485 e. The molecule has 2 N–H and O–H groups in total. The predicted molar refractivity (Wildman–Crippen MR) is 118 cm³/mol. The van der Waals surface area contributed by atoms with E-state index in [-0.39, 0.29) is 24.0 Å².